The number of benzene rings is 2. The van der Waals surface area contributed by atoms with E-state index in [-0.39, 0.29) is 0 Å². The van der Waals surface area contributed by atoms with E-state index in [0.717, 1.165) is 6.42 Å². The van der Waals surface area contributed by atoms with Crippen molar-refractivity contribution in [3.05, 3.63) is 65.7 Å². The monoisotopic (exact) mass is 365 g/mol. The van der Waals surface area contributed by atoms with Crippen molar-refractivity contribution >= 4 is 23.0 Å². The van der Waals surface area contributed by atoms with E-state index in [1.165, 1.54) is 16.4 Å². The summed E-state index contributed by atoms with van der Waals surface area (Å²) in [7, 11) is 12.4. The zero-order valence-corrected chi connectivity index (χ0v) is 17.2. The van der Waals surface area contributed by atoms with Gasteiger partial charge in [-0.2, -0.15) is 0 Å². The van der Waals surface area contributed by atoms with E-state index in [9.17, 15) is 0 Å². The molecule has 0 unspecified atom stereocenters. The van der Waals surface area contributed by atoms with Gasteiger partial charge in [0.15, 0.2) is 0 Å². The van der Waals surface area contributed by atoms with Crippen LogP contribution >= 0.6 is 17.6 Å². The van der Waals surface area contributed by atoms with Crippen molar-refractivity contribution in [1.29, 1.82) is 0 Å². The molecule has 5 heteroatoms. The van der Waals surface area contributed by atoms with E-state index in [1.807, 2.05) is 0 Å². The van der Waals surface area contributed by atoms with Crippen LogP contribution in [0, 0.1) is 0 Å². The molecule has 2 rings (SSSR count). The molecule has 0 saturated heterocycles. The van der Waals surface area contributed by atoms with Crippen molar-refractivity contribution in [3.63, 3.8) is 0 Å². The maximum atomic E-state index is 7.61. The SMILES string of the molecule is CN(C)P(Cl)(c1ccccc1Cc1ccccc1)(N(C)C)N(C)C. The Balaban J connectivity index is 2.69. The van der Waals surface area contributed by atoms with Gasteiger partial charge in [0.25, 0.3) is 0 Å². The first-order valence-electron chi connectivity index (χ1n) is 8.12. The number of hydrogen-bond donors (Lipinski definition) is 0. The molecule has 2 aromatic carbocycles. The van der Waals surface area contributed by atoms with Crippen molar-refractivity contribution in [2.45, 2.75) is 6.42 Å². The minimum atomic E-state index is -3.13. The summed E-state index contributed by atoms with van der Waals surface area (Å²) in [5, 5.41) is 1.20. The van der Waals surface area contributed by atoms with Crippen LogP contribution < -0.4 is 5.30 Å². The fourth-order valence-electron chi connectivity index (χ4n) is 3.57. The standard InChI is InChI=1S/C19H29ClN3P/c1-21(2)24(20,22(3)4,23(5)6)19-15-11-10-14-18(19)16-17-12-8-7-9-13-17/h7-15H,16H2,1-6H3. The van der Waals surface area contributed by atoms with Gasteiger partial charge in [-0.3, -0.25) is 0 Å². The summed E-state index contributed by atoms with van der Waals surface area (Å²) in [6, 6.07) is 19.1. The van der Waals surface area contributed by atoms with Crippen LogP contribution in [0.3, 0.4) is 0 Å². The zero-order chi connectivity index (χ0) is 18.0. The fraction of sp³-hybridized carbons (Fsp3) is 0.368. The molecule has 0 aliphatic heterocycles. The summed E-state index contributed by atoms with van der Waals surface area (Å²) in [5.41, 5.74) is 2.57. The van der Waals surface area contributed by atoms with Crippen molar-refractivity contribution < 1.29 is 0 Å². The third kappa shape index (κ3) is 2.89. The average molecular weight is 366 g/mol. The normalized spacial score (nSPS) is 14.2. The van der Waals surface area contributed by atoms with Gasteiger partial charge in [-0.05, 0) is 0 Å². The Morgan fingerprint density at radius 2 is 1.17 bits per heavy atom. The molecule has 0 aromatic heterocycles. The fourth-order valence-corrected chi connectivity index (χ4v) is 8.49. The van der Waals surface area contributed by atoms with E-state index < -0.39 is 6.41 Å². The van der Waals surface area contributed by atoms with Crippen LogP contribution in [0.5, 0.6) is 0 Å². The first-order chi connectivity index (χ1) is 11.2. The van der Waals surface area contributed by atoms with Gasteiger partial charge in [0.05, 0.1) is 0 Å². The number of hydrogen-bond acceptors (Lipinski definition) is 3. The number of halogens is 1. The van der Waals surface area contributed by atoms with E-state index in [4.69, 9.17) is 11.2 Å². The molecule has 0 N–H and O–H groups in total. The van der Waals surface area contributed by atoms with Gasteiger partial charge in [0, 0.05) is 0 Å². The molecule has 3 nitrogen and oxygen atoms in total. The Morgan fingerprint density at radius 3 is 1.67 bits per heavy atom. The van der Waals surface area contributed by atoms with Gasteiger partial charge < -0.3 is 0 Å². The molecule has 0 fully saturated rings. The van der Waals surface area contributed by atoms with Gasteiger partial charge in [0.2, 0.25) is 0 Å². The predicted octanol–water partition coefficient (Wildman–Crippen LogP) is 4.04. The molecule has 0 spiro atoms. The number of nitrogens with zero attached hydrogens (tertiary/aromatic N) is 3. The van der Waals surface area contributed by atoms with Crippen molar-refractivity contribution in [2.75, 3.05) is 42.3 Å². The average Bonchev–Trinajstić information content (AvgIpc) is 2.55. The van der Waals surface area contributed by atoms with Crippen molar-refractivity contribution in [3.8, 4) is 0 Å². The Bertz CT molecular complexity index is 661. The molecule has 0 aliphatic carbocycles. The second-order valence-electron chi connectivity index (χ2n) is 6.71. The van der Waals surface area contributed by atoms with Crippen LogP contribution in [0.25, 0.3) is 0 Å². The molecule has 0 radical (unpaired) electrons. The summed E-state index contributed by atoms with van der Waals surface area (Å²) in [6.45, 7) is 0. The quantitative estimate of drug-likeness (QED) is 0.715. The Labute approximate surface area is 151 Å². The van der Waals surface area contributed by atoms with Crippen LogP contribution in [0.4, 0.5) is 0 Å². The molecule has 0 saturated carbocycles. The van der Waals surface area contributed by atoms with Crippen LogP contribution in [0.15, 0.2) is 54.6 Å². The van der Waals surface area contributed by atoms with E-state index >= 15 is 0 Å². The third-order valence-corrected chi connectivity index (χ3v) is 13.6. The van der Waals surface area contributed by atoms with Crippen LogP contribution in [0.2, 0.25) is 0 Å². The van der Waals surface area contributed by atoms with Crippen LogP contribution in [-0.2, 0) is 6.42 Å². The Morgan fingerprint density at radius 1 is 0.708 bits per heavy atom. The number of rotatable bonds is 6. The van der Waals surface area contributed by atoms with Crippen molar-refractivity contribution in [1.82, 2.24) is 14.0 Å². The molecule has 0 amide bonds. The van der Waals surface area contributed by atoms with Gasteiger partial charge in [-0.15, -0.1) is 0 Å². The van der Waals surface area contributed by atoms with Crippen LogP contribution in [-0.4, -0.2) is 56.3 Å². The molecule has 0 heterocycles. The van der Waals surface area contributed by atoms with E-state index in [1.54, 1.807) is 0 Å². The maximum absolute atomic E-state index is 7.61. The molecule has 0 bridgehead atoms. The molecule has 0 atom stereocenters. The Hall–Kier alpha value is -0.960. The molecule has 132 valence electrons. The summed E-state index contributed by atoms with van der Waals surface area (Å²) in [5.74, 6) is 0. The molecule has 0 aliphatic rings. The third-order valence-electron chi connectivity index (χ3n) is 4.77. The zero-order valence-electron chi connectivity index (χ0n) is 15.6. The topological polar surface area (TPSA) is 9.72 Å². The summed E-state index contributed by atoms with van der Waals surface area (Å²) in [6.07, 6.45) is -2.26. The first kappa shape index (κ1) is 19.4. The second kappa shape index (κ2) is 7.11. The van der Waals surface area contributed by atoms with E-state index in [2.05, 4.69) is 111 Å². The van der Waals surface area contributed by atoms with Gasteiger partial charge in [0.1, 0.15) is 0 Å². The molecule has 24 heavy (non-hydrogen) atoms. The second-order valence-corrected chi connectivity index (χ2v) is 13.2. The van der Waals surface area contributed by atoms with Gasteiger partial charge in [-0.1, -0.05) is 0 Å². The first-order valence-corrected chi connectivity index (χ1v) is 11.1. The Kier molecular flexibility index (Phi) is 5.74. The molecular formula is C19H29ClN3P. The minimum absolute atomic E-state index is 0.872. The summed E-state index contributed by atoms with van der Waals surface area (Å²) < 4.78 is 6.57. The summed E-state index contributed by atoms with van der Waals surface area (Å²) in [4.78, 5) is 0. The van der Waals surface area contributed by atoms with Crippen LogP contribution in [0.1, 0.15) is 11.1 Å². The van der Waals surface area contributed by atoms with Gasteiger partial charge in [-0.25, -0.2) is 0 Å². The van der Waals surface area contributed by atoms with E-state index in [0.29, 0.717) is 0 Å². The predicted molar refractivity (Wildman–Crippen MR) is 109 cm³/mol. The van der Waals surface area contributed by atoms with Crippen molar-refractivity contribution in [2.24, 2.45) is 0 Å². The molecule has 2 aromatic rings. The van der Waals surface area contributed by atoms with Gasteiger partial charge >= 0.3 is 151 Å². The summed E-state index contributed by atoms with van der Waals surface area (Å²) >= 11 is 7.61. The molecular weight excluding hydrogens is 337 g/mol.